The predicted octanol–water partition coefficient (Wildman–Crippen LogP) is 4.60. The summed E-state index contributed by atoms with van der Waals surface area (Å²) in [7, 11) is 7.02. The summed E-state index contributed by atoms with van der Waals surface area (Å²) in [5, 5.41) is 11.8. The van der Waals surface area contributed by atoms with Crippen molar-refractivity contribution in [2.75, 3.05) is 38.8 Å². The maximum absolute atomic E-state index is 12.4. The highest BCUT2D eigenvalue weighted by Crippen LogP contribution is 2.14. The first-order valence-corrected chi connectivity index (χ1v) is 12.0. The van der Waals surface area contributed by atoms with Crippen molar-refractivity contribution >= 4 is 59.4 Å². The molecule has 39 heavy (non-hydrogen) atoms. The molecule has 3 aromatic carbocycles. The molecule has 3 aromatic rings. The molecule has 3 rings (SSSR count). The van der Waals surface area contributed by atoms with Crippen LogP contribution in [0.5, 0.6) is 0 Å². The lowest BCUT2D eigenvalue weighted by atomic mass is 10.1. The second-order valence-electron chi connectivity index (χ2n) is 8.12. The molecule has 8 nitrogen and oxygen atoms in total. The zero-order valence-electron chi connectivity index (χ0n) is 22.4. The van der Waals surface area contributed by atoms with Gasteiger partial charge in [0, 0.05) is 62.8 Å². The van der Waals surface area contributed by atoms with Gasteiger partial charge in [-0.25, -0.2) is 0 Å². The number of carbonyl (C=O) groups is 2. The Morgan fingerprint density at radius 2 is 1.03 bits per heavy atom. The monoisotopic (exact) mass is 544 g/mol. The molecular weight excluding hydrogens is 512 g/mol. The van der Waals surface area contributed by atoms with Crippen molar-refractivity contribution in [3.05, 3.63) is 107 Å². The molecule has 2 amide bonds. The molecule has 4 N–H and O–H groups in total. The number of nitrogens with zero attached hydrogens (tertiary/aromatic N) is 2. The van der Waals surface area contributed by atoms with Crippen molar-refractivity contribution < 1.29 is 9.59 Å². The molecule has 0 radical (unpaired) electrons. The van der Waals surface area contributed by atoms with E-state index >= 15 is 0 Å². The third-order valence-corrected chi connectivity index (χ3v) is 5.52. The highest BCUT2D eigenvalue weighted by atomic mass is 35.5. The van der Waals surface area contributed by atoms with Gasteiger partial charge in [-0.05, 0) is 47.5 Å². The summed E-state index contributed by atoms with van der Waals surface area (Å²) in [6.45, 7) is 0. The van der Waals surface area contributed by atoms with E-state index in [1.54, 1.807) is 40.3 Å². The highest BCUT2D eigenvalue weighted by Gasteiger charge is 2.05. The summed E-state index contributed by atoms with van der Waals surface area (Å²) in [5.41, 5.74) is 4.86. The van der Waals surface area contributed by atoms with Gasteiger partial charge >= 0.3 is 0 Å². The number of hydrogen-bond acceptors (Lipinski definition) is 4. The van der Waals surface area contributed by atoms with Gasteiger partial charge in [-0.2, -0.15) is 0 Å². The Bertz CT molecular complexity index is 1290. The fourth-order valence-electron chi connectivity index (χ4n) is 3.69. The van der Waals surface area contributed by atoms with Gasteiger partial charge in [-0.15, -0.1) is 12.4 Å². The molecule has 0 unspecified atom stereocenters. The first-order valence-electron chi connectivity index (χ1n) is 12.0. The van der Waals surface area contributed by atoms with E-state index in [1.807, 2.05) is 72.8 Å². The molecule has 0 heterocycles. The largest absolute Gasteiger partial charge is 0.373 e. The van der Waals surface area contributed by atoms with Gasteiger partial charge in [-0.1, -0.05) is 48.5 Å². The molecule has 0 saturated carbocycles. The van der Waals surface area contributed by atoms with Gasteiger partial charge in [0.15, 0.2) is 0 Å². The summed E-state index contributed by atoms with van der Waals surface area (Å²) in [6, 6.07) is 22.5. The molecular formula is C30H33ClN6O2. The van der Waals surface area contributed by atoms with Crippen LogP contribution in [0.1, 0.15) is 22.3 Å². The Labute approximate surface area is 235 Å². The number of carbonyl (C=O) groups excluding carboxylic acids is 2. The van der Waals surface area contributed by atoms with Crippen molar-refractivity contribution in [1.29, 1.82) is 0 Å². The van der Waals surface area contributed by atoms with Crippen LogP contribution in [-0.4, -0.2) is 51.7 Å². The number of aliphatic imine (C=N–C) groups is 2. The van der Waals surface area contributed by atoms with Crippen molar-refractivity contribution in [1.82, 2.24) is 10.6 Å². The molecule has 202 valence electrons. The smallest absolute Gasteiger partial charge is 0.248 e. The number of amides is 2. The SMILES string of the molecule is CN=C(NC)c1cccc(NC(=O)/C=C\c2ccc(/C=C/C(=O)Nc3cccc(C(=NC)NC)c3)cc2)c1.Cl. The zero-order valence-corrected chi connectivity index (χ0v) is 23.2. The minimum absolute atomic E-state index is 0. The molecule has 0 fully saturated rings. The van der Waals surface area contributed by atoms with E-state index in [0.29, 0.717) is 11.4 Å². The zero-order chi connectivity index (χ0) is 27.3. The van der Waals surface area contributed by atoms with Crippen LogP contribution in [0, 0.1) is 0 Å². The minimum atomic E-state index is -0.238. The fourth-order valence-corrected chi connectivity index (χ4v) is 3.69. The lowest BCUT2D eigenvalue weighted by Crippen LogP contribution is -2.19. The number of nitrogens with one attached hydrogen (secondary N) is 4. The third kappa shape index (κ3) is 9.28. The number of halogens is 1. The molecule has 0 aliphatic rings. The Balaban J connectivity index is 0.00000533. The van der Waals surface area contributed by atoms with E-state index in [1.165, 1.54) is 12.2 Å². The maximum Gasteiger partial charge on any atom is 0.248 e. The molecule has 0 aliphatic carbocycles. The number of amidine groups is 2. The van der Waals surface area contributed by atoms with E-state index in [4.69, 9.17) is 0 Å². The van der Waals surface area contributed by atoms with Crippen LogP contribution >= 0.6 is 12.4 Å². The summed E-state index contributed by atoms with van der Waals surface area (Å²) < 4.78 is 0. The maximum atomic E-state index is 12.4. The minimum Gasteiger partial charge on any atom is -0.373 e. The highest BCUT2D eigenvalue weighted by molar-refractivity contribution is 6.05. The molecule has 0 bridgehead atoms. The van der Waals surface area contributed by atoms with Crippen molar-refractivity contribution in [3.63, 3.8) is 0 Å². The molecule has 0 aromatic heterocycles. The van der Waals surface area contributed by atoms with Gasteiger partial charge < -0.3 is 21.3 Å². The summed E-state index contributed by atoms with van der Waals surface area (Å²) in [6.07, 6.45) is 6.43. The van der Waals surface area contributed by atoms with E-state index < -0.39 is 0 Å². The summed E-state index contributed by atoms with van der Waals surface area (Å²) >= 11 is 0. The van der Waals surface area contributed by atoms with Crippen molar-refractivity contribution in [2.24, 2.45) is 9.98 Å². The van der Waals surface area contributed by atoms with Gasteiger partial charge in [0.2, 0.25) is 11.8 Å². The van der Waals surface area contributed by atoms with Gasteiger partial charge in [0.1, 0.15) is 11.7 Å². The topological polar surface area (TPSA) is 107 Å². The lowest BCUT2D eigenvalue weighted by Gasteiger charge is -2.08. The van der Waals surface area contributed by atoms with Crippen LogP contribution in [0.15, 0.2) is 94.9 Å². The standard InChI is InChI=1S/C30H32N6O2.ClH/c1-31-29(32-2)23-7-5-9-25(19-23)35-27(37)17-15-21-11-13-22(14-12-21)16-18-28(38)36-26-10-6-8-24(20-26)30(33-3)34-4;/h5-20H,1-4H3,(H,31,32)(H,33,34)(H,35,37)(H,36,38);1H/b17-15-,18-16+;. The molecule has 0 spiro atoms. The van der Waals surface area contributed by atoms with Gasteiger partial charge in [-0.3, -0.25) is 19.6 Å². The van der Waals surface area contributed by atoms with Crippen molar-refractivity contribution in [3.8, 4) is 0 Å². The quantitative estimate of drug-likeness (QED) is 0.189. The van der Waals surface area contributed by atoms with Crippen LogP contribution < -0.4 is 21.3 Å². The summed E-state index contributed by atoms with van der Waals surface area (Å²) in [5.74, 6) is 1.00. The Morgan fingerprint density at radius 3 is 1.36 bits per heavy atom. The second kappa shape index (κ2) is 15.5. The average Bonchev–Trinajstić information content (AvgIpc) is 2.93. The normalized spacial score (nSPS) is 11.7. The fraction of sp³-hybridized carbons (Fsp3) is 0.133. The van der Waals surface area contributed by atoms with Gasteiger partial charge in [0.25, 0.3) is 0 Å². The number of hydrogen-bond donors (Lipinski definition) is 4. The number of benzene rings is 3. The van der Waals surface area contributed by atoms with E-state index in [-0.39, 0.29) is 24.2 Å². The molecule has 0 saturated heterocycles. The Hall–Kier alpha value is -4.69. The third-order valence-electron chi connectivity index (χ3n) is 5.52. The van der Waals surface area contributed by atoms with Crippen LogP contribution in [0.2, 0.25) is 0 Å². The van der Waals surface area contributed by atoms with Crippen LogP contribution in [0.4, 0.5) is 11.4 Å². The lowest BCUT2D eigenvalue weighted by molar-refractivity contribution is -0.112. The predicted molar refractivity (Wildman–Crippen MR) is 165 cm³/mol. The van der Waals surface area contributed by atoms with E-state index in [9.17, 15) is 9.59 Å². The molecule has 0 aliphatic heterocycles. The summed E-state index contributed by atoms with van der Waals surface area (Å²) in [4.78, 5) is 33.1. The molecule has 0 atom stereocenters. The first kappa shape index (κ1) is 30.5. The van der Waals surface area contributed by atoms with E-state index in [2.05, 4.69) is 31.3 Å². The molecule has 9 heteroatoms. The van der Waals surface area contributed by atoms with Crippen molar-refractivity contribution in [2.45, 2.75) is 0 Å². The Morgan fingerprint density at radius 1 is 0.641 bits per heavy atom. The second-order valence-corrected chi connectivity index (χ2v) is 8.12. The van der Waals surface area contributed by atoms with Crippen LogP contribution in [-0.2, 0) is 9.59 Å². The van der Waals surface area contributed by atoms with E-state index in [0.717, 1.165) is 33.9 Å². The van der Waals surface area contributed by atoms with Crippen LogP contribution in [0.3, 0.4) is 0 Å². The Kier molecular flexibility index (Phi) is 12.2. The van der Waals surface area contributed by atoms with Crippen LogP contribution in [0.25, 0.3) is 12.2 Å². The first-order chi connectivity index (χ1) is 18.4. The average molecular weight is 545 g/mol. The number of anilines is 2. The van der Waals surface area contributed by atoms with Gasteiger partial charge in [0.05, 0.1) is 0 Å². The number of rotatable bonds is 8.